The van der Waals surface area contributed by atoms with Crippen molar-refractivity contribution < 1.29 is 4.79 Å². The first-order valence-electron chi connectivity index (χ1n) is 7.00. The van der Waals surface area contributed by atoms with Crippen molar-refractivity contribution >= 4 is 5.91 Å². The van der Waals surface area contributed by atoms with Crippen molar-refractivity contribution in [3.63, 3.8) is 0 Å². The SMILES string of the molecule is CCn1ncnc1C(NC(=O)c1cc(C#N)c[nH]1)C1CC1. The summed E-state index contributed by atoms with van der Waals surface area (Å²) in [7, 11) is 0. The number of H-pyrrole nitrogens is 1. The first-order valence-corrected chi connectivity index (χ1v) is 7.00. The van der Waals surface area contributed by atoms with Gasteiger partial charge in [-0.05, 0) is 31.7 Å². The number of carbonyl (C=O) groups is 1. The topological polar surface area (TPSA) is 99.4 Å². The number of nitriles is 1. The van der Waals surface area contributed by atoms with Crippen molar-refractivity contribution in [3.8, 4) is 6.07 Å². The third-order valence-corrected chi connectivity index (χ3v) is 3.66. The predicted octanol–water partition coefficient (Wildman–Crippen LogP) is 1.38. The minimum absolute atomic E-state index is 0.131. The minimum Gasteiger partial charge on any atom is -0.356 e. The lowest BCUT2D eigenvalue weighted by molar-refractivity contribution is 0.0924. The van der Waals surface area contributed by atoms with Crippen LogP contribution in [0.2, 0.25) is 0 Å². The zero-order chi connectivity index (χ0) is 14.8. The molecule has 1 fully saturated rings. The Hall–Kier alpha value is -2.62. The number of aromatic nitrogens is 4. The number of hydrogen-bond acceptors (Lipinski definition) is 4. The van der Waals surface area contributed by atoms with E-state index in [1.54, 1.807) is 10.7 Å². The van der Waals surface area contributed by atoms with E-state index in [4.69, 9.17) is 5.26 Å². The van der Waals surface area contributed by atoms with Gasteiger partial charge in [0.05, 0.1) is 11.6 Å². The van der Waals surface area contributed by atoms with Crippen LogP contribution in [0.15, 0.2) is 18.6 Å². The summed E-state index contributed by atoms with van der Waals surface area (Å²) in [6, 6.07) is 3.41. The molecule has 7 nitrogen and oxygen atoms in total. The van der Waals surface area contributed by atoms with Gasteiger partial charge in [-0.25, -0.2) is 9.67 Å². The Bertz CT molecular complexity index is 690. The summed E-state index contributed by atoms with van der Waals surface area (Å²) >= 11 is 0. The number of aromatic amines is 1. The molecule has 108 valence electrons. The fourth-order valence-electron chi connectivity index (χ4n) is 2.39. The van der Waals surface area contributed by atoms with Gasteiger partial charge < -0.3 is 10.3 Å². The molecule has 0 saturated heterocycles. The van der Waals surface area contributed by atoms with Crippen molar-refractivity contribution in [3.05, 3.63) is 35.7 Å². The number of amides is 1. The van der Waals surface area contributed by atoms with Crippen molar-refractivity contribution in [1.29, 1.82) is 5.26 Å². The zero-order valence-electron chi connectivity index (χ0n) is 11.7. The fraction of sp³-hybridized carbons (Fsp3) is 0.429. The van der Waals surface area contributed by atoms with Crippen LogP contribution in [0.3, 0.4) is 0 Å². The highest BCUT2D eigenvalue weighted by Crippen LogP contribution is 2.40. The molecule has 0 spiro atoms. The Kier molecular flexibility index (Phi) is 3.44. The molecule has 0 aliphatic heterocycles. The Labute approximate surface area is 122 Å². The summed E-state index contributed by atoms with van der Waals surface area (Å²) in [6.45, 7) is 2.71. The third-order valence-electron chi connectivity index (χ3n) is 3.66. The van der Waals surface area contributed by atoms with Crippen LogP contribution >= 0.6 is 0 Å². The van der Waals surface area contributed by atoms with E-state index in [1.807, 2.05) is 13.0 Å². The largest absolute Gasteiger partial charge is 0.356 e. The predicted molar refractivity (Wildman–Crippen MR) is 74.1 cm³/mol. The van der Waals surface area contributed by atoms with Crippen molar-refractivity contribution in [2.24, 2.45) is 5.92 Å². The van der Waals surface area contributed by atoms with Crippen LogP contribution in [0.5, 0.6) is 0 Å². The summed E-state index contributed by atoms with van der Waals surface area (Å²) in [6.07, 6.45) is 5.20. The molecule has 2 N–H and O–H groups in total. The monoisotopic (exact) mass is 284 g/mol. The van der Waals surface area contributed by atoms with Gasteiger partial charge in [-0.15, -0.1) is 0 Å². The second-order valence-corrected chi connectivity index (χ2v) is 5.14. The maximum atomic E-state index is 12.3. The zero-order valence-corrected chi connectivity index (χ0v) is 11.7. The number of nitrogens with one attached hydrogen (secondary N) is 2. The molecule has 7 heteroatoms. The third kappa shape index (κ3) is 2.65. The van der Waals surface area contributed by atoms with Crippen LogP contribution in [0, 0.1) is 17.2 Å². The van der Waals surface area contributed by atoms with Gasteiger partial charge in [0.1, 0.15) is 23.9 Å². The molecule has 1 atom stereocenters. The molecule has 0 bridgehead atoms. The molecule has 2 aromatic heterocycles. The van der Waals surface area contributed by atoms with Gasteiger partial charge >= 0.3 is 0 Å². The van der Waals surface area contributed by atoms with E-state index < -0.39 is 0 Å². The van der Waals surface area contributed by atoms with E-state index in [-0.39, 0.29) is 11.9 Å². The summed E-state index contributed by atoms with van der Waals surface area (Å²) in [5, 5.41) is 16.0. The van der Waals surface area contributed by atoms with Crippen molar-refractivity contribution in [1.82, 2.24) is 25.1 Å². The second kappa shape index (κ2) is 5.40. The summed E-state index contributed by atoms with van der Waals surface area (Å²) in [5.74, 6) is 0.980. The number of nitrogens with zero attached hydrogens (tertiary/aromatic N) is 4. The van der Waals surface area contributed by atoms with Crippen LogP contribution in [0.1, 0.15) is 47.7 Å². The van der Waals surface area contributed by atoms with Crippen LogP contribution in [-0.4, -0.2) is 25.7 Å². The van der Waals surface area contributed by atoms with E-state index in [0.29, 0.717) is 17.2 Å². The Morgan fingerprint density at radius 1 is 1.67 bits per heavy atom. The van der Waals surface area contributed by atoms with Gasteiger partial charge in [-0.3, -0.25) is 4.79 Å². The number of hydrogen-bond donors (Lipinski definition) is 2. The van der Waals surface area contributed by atoms with E-state index in [2.05, 4.69) is 20.4 Å². The van der Waals surface area contributed by atoms with Gasteiger partial charge in [0.2, 0.25) is 0 Å². The molecule has 1 unspecified atom stereocenters. The quantitative estimate of drug-likeness (QED) is 0.866. The van der Waals surface area contributed by atoms with Crippen LogP contribution < -0.4 is 5.32 Å². The number of aryl methyl sites for hydroxylation is 1. The molecule has 2 aromatic rings. The fourth-order valence-corrected chi connectivity index (χ4v) is 2.39. The number of rotatable bonds is 5. The Balaban J connectivity index is 1.80. The molecule has 1 aliphatic rings. The van der Waals surface area contributed by atoms with Crippen LogP contribution in [0.4, 0.5) is 0 Å². The maximum absolute atomic E-state index is 12.3. The van der Waals surface area contributed by atoms with Gasteiger partial charge in [0.25, 0.3) is 5.91 Å². The molecule has 3 rings (SSSR count). The first-order chi connectivity index (χ1) is 10.2. The molecule has 0 aromatic carbocycles. The summed E-state index contributed by atoms with van der Waals surface area (Å²) in [4.78, 5) is 19.4. The average molecular weight is 284 g/mol. The van der Waals surface area contributed by atoms with E-state index in [1.165, 1.54) is 12.5 Å². The van der Waals surface area contributed by atoms with Crippen LogP contribution in [-0.2, 0) is 6.54 Å². The summed E-state index contributed by atoms with van der Waals surface area (Å²) < 4.78 is 1.80. The molecular weight excluding hydrogens is 268 g/mol. The Morgan fingerprint density at radius 2 is 2.48 bits per heavy atom. The smallest absolute Gasteiger partial charge is 0.268 e. The lowest BCUT2D eigenvalue weighted by Crippen LogP contribution is -2.32. The highest BCUT2D eigenvalue weighted by Gasteiger charge is 2.36. The van der Waals surface area contributed by atoms with Crippen LogP contribution in [0.25, 0.3) is 0 Å². The number of carbonyl (C=O) groups excluding carboxylic acids is 1. The van der Waals surface area contributed by atoms with Gasteiger partial charge in [-0.2, -0.15) is 10.4 Å². The molecule has 0 radical (unpaired) electrons. The molecule has 2 heterocycles. The normalized spacial score (nSPS) is 15.4. The highest BCUT2D eigenvalue weighted by atomic mass is 16.2. The molecular formula is C14H16N6O. The van der Waals surface area contributed by atoms with E-state index in [9.17, 15) is 4.79 Å². The van der Waals surface area contributed by atoms with Crippen molar-refractivity contribution in [2.45, 2.75) is 32.4 Å². The lowest BCUT2D eigenvalue weighted by atomic mass is 10.1. The summed E-state index contributed by atoms with van der Waals surface area (Å²) in [5.41, 5.74) is 0.833. The molecule has 1 saturated carbocycles. The van der Waals surface area contributed by atoms with E-state index >= 15 is 0 Å². The minimum atomic E-state index is -0.223. The lowest BCUT2D eigenvalue weighted by Gasteiger charge is -2.17. The standard InChI is InChI=1S/C14H16N6O/c1-2-20-13(17-8-18-20)12(10-3-4-10)19-14(21)11-5-9(6-15)7-16-11/h5,7-8,10,12,16H,2-4H2,1H3,(H,19,21). The molecule has 1 amide bonds. The van der Waals surface area contributed by atoms with Crippen molar-refractivity contribution in [2.75, 3.05) is 0 Å². The van der Waals surface area contributed by atoms with Gasteiger partial charge in [0.15, 0.2) is 0 Å². The van der Waals surface area contributed by atoms with E-state index in [0.717, 1.165) is 25.2 Å². The highest BCUT2D eigenvalue weighted by molar-refractivity contribution is 5.93. The molecule has 1 aliphatic carbocycles. The second-order valence-electron chi connectivity index (χ2n) is 5.14. The van der Waals surface area contributed by atoms with Gasteiger partial charge in [-0.1, -0.05) is 0 Å². The maximum Gasteiger partial charge on any atom is 0.268 e. The van der Waals surface area contributed by atoms with Gasteiger partial charge in [0, 0.05) is 12.7 Å². The first kappa shape index (κ1) is 13.4. The Morgan fingerprint density at radius 3 is 3.10 bits per heavy atom. The molecule has 21 heavy (non-hydrogen) atoms. The average Bonchev–Trinajstić information content (AvgIpc) is 3.05.